The van der Waals surface area contributed by atoms with Crippen LogP contribution in [0, 0.1) is 17.3 Å². The van der Waals surface area contributed by atoms with Gasteiger partial charge in [0.2, 0.25) is 5.91 Å². The van der Waals surface area contributed by atoms with Crippen molar-refractivity contribution in [2.75, 3.05) is 0 Å². The zero-order valence-corrected chi connectivity index (χ0v) is 20.6. The van der Waals surface area contributed by atoms with Crippen LogP contribution < -0.4 is 10.6 Å². The predicted molar refractivity (Wildman–Crippen MR) is 134 cm³/mol. The Hall–Kier alpha value is -3.02. The molecule has 0 heterocycles. The van der Waals surface area contributed by atoms with Gasteiger partial charge in [-0.2, -0.15) is 0 Å². The van der Waals surface area contributed by atoms with Gasteiger partial charge in [0.25, 0.3) is 0 Å². The summed E-state index contributed by atoms with van der Waals surface area (Å²) in [5.41, 5.74) is 3.69. The van der Waals surface area contributed by atoms with Crippen LogP contribution in [0.4, 0.5) is 4.79 Å². The van der Waals surface area contributed by atoms with Gasteiger partial charge in [-0.3, -0.25) is 4.79 Å². The van der Waals surface area contributed by atoms with Crippen molar-refractivity contribution in [2.45, 2.75) is 77.0 Å². The topological polar surface area (TPSA) is 87.7 Å². The molecular weight excluding hydrogens is 440 g/mol. The van der Waals surface area contributed by atoms with Crippen molar-refractivity contribution in [3.63, 3.8) is 0 Å². The lowest BCUT2D eigenvalue weighted by atomic mass is 9.55. The number of carbonyl (C=O) groups is 2. The second kappa shape index (κ2) is 9.56. The fourth-order valence-corrected chi connectivity index (χ4v) is 7.11. The fraction of sp³-hybridized carbons (Fsp3) is 0.517. The number of hydrogen-bond donors (Lipinski definition) is 3. The van der Waals surface area contributed by atoms with Gasteiger partial charge in [0.15, 0.2) is 0 Å². The summed E-state index contributed by atoms with van der Waals surface area (Å²) >= 11 is 0. The Bertz CT molecular complexity index is 1090. The predicted octanol–water partition coefficient (Wildman–Crippen LogP) is 5.05. The van der Waals surface area contributed by atoms with Crippen molar-refractivity contribution >= 4 is 12.0 Å². The third-order valence-electron chi connectivity index (χ3n) is 8.97. The number of phenols is 1. The van der Waals surface area contributed by atoms with E-state index in [2.05, 4.69) is 23.6 Å². The van der Waals surface area contributed by atoms with E-state index < -0.39 is 12.1 Å². The molecule has 2 saturated carbocycles. The second-order valence-electron chi connectivity index (χ2n) is 10.9. The summed E-state index contributed by atoms with van der Waals surface area (Å²) in [6.45, 7) is 4.23. The van der Waals surface area contributed by atoms with Crippen LogP contribution in [0.1, 0.15) is 68.6 Å². The number of benzene rings is 2. The fourth-order valence-electron chi connectivity index (χ4n) is 7.11. The van der Waals surface area contributed by atoms with Crippen LogP contribution in [0.25, 0.3) is 0 Å². The van der Waals surface area contributed by atoms with Crippen molar-refractivity contribution in [1.29, 1.82) is 0 Å². The minimum absolute atomic E-state index is 0.0682. The van der Waals surface area contributed by atoms with Crippen LogP contribution in [0.5, 0.6) is 5.75 Å². The highest BCUT2D eigenvalue weighted by Gasteiger charge is 2.55. The van der Waals surface area contributed by atoms with Gasteiger partial charge in [-0.25, -0.2) is 4.79 Å². The van der Waals surface area contributed by atoms with Crippen LogP contribution in [-0.4, -0.2) is 29.2 Å². The first kappa shape index (κ1) is 23.7. The van der Waals surface area contributed by atoms with E-state index in [1.807, 2.05) is 42.5 Å². The lowest BCUT2D eigenvalue weighted by molar-refractivity contribution is -0.124. The summed E-state index contributed by atoms with van der Waals surface area (Å²) in [4.78, 5) is 25.2. The van der Waals surface area contributed by atoms with Crippen molar-refractivity contribution in [3.05, 3.63) is 65.2 Å². The maximum Gasteiger partial charge on any atom is 0.408 e. The number of aromatic hydroxyl groups is 1. The Morgan fingerprint density at radius 3 is 2.71 bits per heavy atom. The Balaban J connectivity index is 1.18. The average molecular weight is 477 g/mol. The maximum absolute atomic E-state index is 13.0. The first-order valence-corrected chi connectivity index (χ1v) is 12.9. The molecule has 186 valence electrons. The van der Waals surface area contributed by atoms with E-state index in [4.69, 9.17) is 4.74 Å². The molecule has 2 aromatic carbocycles. The lowest BCUT2D eigenvalue weighted by Crippen LogP contribution is -2.54. The number of amides is 2. The summed E-state index contributed by atoms with van der Waals surface area (Å²) in [6, 6.07) is 14.8. The van der Waals surface area contributed by atoms with Gasteiger partial charge in [0, 0.05) is 6.04 Å². The van der Waals surface area contributed by atoms with E-state index in [1.165, 1.54) is 11.1 Å². The molecule has 35 heavy (non-hydrogen) atoms. The molecule has 0 radical (unpaired) electrons. The molecule has 3 aliphatic rings. The largest absolute Gasteiger partial charge is 0.508 e. The quantitative estimate of drug-likeness (QED) is 0.564. The molecule has 0 aromatic heterocycles. The summed E-state index contributed by atoms with van der Waals surface area (Å²) < 4.78 is 5.27. The van der Waals surface area contributed by atoms with Gasteiger partial charge in [0.05, 0.1) is 0 Å². The molecule has 6 atom stereocenters. The van der Waals surface area contributed by atoms with Crippen molar-refractivity contribution in [3.8, 4) is 5.75 Å². The van der Waals surface area contributed by atoms with Crippen LogP contribution in [0.3, 0.4) is 0 Å². The summed E-state index contributed by atoms with van der Waals surface area (Å²) in [5, 5.41) is 15.9. The first-order valence-electron chi connectivity index (χ1n) is 12.9. The zero-order chi connectivity index (χ0) is 24.6. The van der Waals surface area contributed by atoms with Crippen molar-refractivity contribution in [2.24, 2.45) is 17.3 Å². The van der Waals surface area contributed by atoms with E-state index in [0.717, 1.165) is 44.1 Å². The van der Waals surface area contributed by atoms with E-state index >= 15 is 0 Å². The van der Waals surface area contributed by atoms with Gasteiger partial charge < -0.3 is 20.5 Å². The van der Waals surface area contributed by atoms with Gasteiger partial charge in [0.1, 0.15) is 18.4 Å². The molecule has 1 unspecified atom stereocenters. The zero-order valence-electron chi connectivity index (χ0n) is 20.6. The Morgan fingerprint density at radius 2 is 1.91 bits per heavy atom. The highest BCUT2D eigenvalue weighted by Crippen LogP contribution is 2.61. The molecule has 2 aromatic rings. The second-order valence-corrected chi connectivity index (χ2v) is 10.9. The number of phenolic OH excluding ortho intramolecular Hbond substituents is 1. The van der Waals surface area contributed by atoms with Crippen molar-refractivity contribution in [1.82, 2.24) is 10.6 Å². The molecule has 2 fully saturated rings. The molecule has 5 rings (SSSR count). The molecule has 6 nitrogen and oxygen atoms in total. The van der Waals surface area contributed by atoms with Gasteiger partial charge >= 0.3 is 6.09 Å². The molecule has 6 heteroatoms. The monoisotopic (exact) mass is 476 g/mol. The summed E-state index contributed by atoms with van der Waals surface area (Å²) in [6.07, 6.45) is 5.86. The molecule has 0 bridgehead atoms. The number of rotatable bonds is 5. The van der Waals surface area contributed by atoms with E-state index in [1.54, 1.807) is 6.92 Å². The SMILES string of the molecule is C[C@H](NC(=O)OCc1ccccc1)C(=O)NC1CC[C@H]2[C@@H]3CCc4cc(O)ccc4[C@H]3CC[C@]12C. The molecule has 0 saturated heterocycles. The van der Waals surface area contributed by atoms with Gasteiger partial charge in [-0.05, 0) is 97.4 Å². The van der Waals surface area contributed by atoms with Gasteiger partial charge in [-0.1, -0.05) is 43.3 Å². The molecule has 0 aliphatic heterocycles. The number of aryl methyl sites for hydroxylation is 1. The third-order valence-corrected chi connectivity index (χ3v) is 8.97. The lowest BCUT2D eigenvalue weighted by Gasteiger charge is -2.51. The summed E-state index contributed by atoms with van der Waals surface area (Å²) in [7, 11) is 0. The van der Waals surface area contributed by atoms with Crippen LogP contribution >= 0.6 is 0 Å². The number of ether oxygens (including phenoxy) is 1. The normalized spacial score (nSPS) is 29.8. The standard InChI is InChI=1S/C29H36N2O4/c1-18(30-28(34)35-17-19-6-4-3-5-7-19)27(33)31-26-13-12-25-24-10-8-20-16-21(32)9-11-22(20)23(24)14-15-29(25,26)2/h3-7,9,11,16,18,23-26,32H,8,10,12-15,17H2,1-2H3,(H,30,34)(H,31,33)/t18-,23+,24+,25-,26?,29-/m0/s1. The molecule has 3 N–H and O–H groups in total. The molecule has 0 spiro atoms. The van der Waals surface area contributed by atoms with Crippen LogP contribution in [-0.2, 0) is 22.6 Å². The maximum atomic E-state index is 13.0. The highest BCUT2D eigenvalue weighted by atomic mass is 16.5. The number of carbonyl (C=O) groups excluding carboxylic acids is 2. The van der Waals surface area contributed by atoms with E-state index in [9.17, 15) is 14.7 Å². The minimum atomic E-state index is -0.661. The smallest absolute Gasteiger partial charge is 0.408 e. The third kappa shape index (κ3) is 4.63. The van der Waals surface area contributed by atoms with Crippen molar-refractivity contribution < 1.29 is 19.4 Å². The van der Waals surface area contributed by atoms with Gasteiger partial charge in [-0.15, -0.1) is 0 Å². The number of nitrogens with one attached hydrogen (secondary N) is 2. The molecule has 3 aliphatic carbocycles. The number of hydrogen-bond acceptors (Lipinski definition) is 4. The van der Waals surface area contributed by atoms with E-state index in [-0.39, 0.29) is 24.0 Å². The Morgan fingerprint density at radius 1 is 1.11 bits per heavy atom. The minimum Gasteiger partial charge on any atom is -0.508 e. The average Bonchev–Trinajstić information content (AvgIpc) is 3.19. The van der Waals surface area contributed by atoms with Crippen LogP contribution in [0.2, 0.25) is 0 Å². The number of fused-ring (bicyclic) bond motifs is 5. The Kier molecular flexibility index (Phi) is 6.47. The highest BCUT2D eigenvalue weighted by molar-refractivity contribution is 5.85. The number of alkyl carbamates (subject to hydrolysis) is 1. The molecular formula is C29H36N2O4. The Labute approximate surface area is 207 Å². The first-order chi connectivity index (χ1) is 16.8. The molecule has 2 amide bonds. The summed E-state index contributed by atoms with van der Waals surface area (Å²) in [5.74, 6) is 1.95. The van der Waals surface area contributed by atoms with E-state index in [0.29, 0.717) is 23.5 Å². The van der Waals surface area contributed by atoms with Crippen LogP contribution in [0.15, 0.2) is 48.5 Å².